The molecule has 1 saturated carbocycles. The van der Waals surface area contributed by atoms with Crippen molar-refractivity contribution in [2.24, 2.45) is 10.7 Å². The van der Waals surface area contributed by atoms with Crippen molar-refractivity contribution in [3.05, 3.63) is 22.4 Å². The monoisotopic (exact) mass is 336 g/mol. The van der Waals surface area contributed by atoms with Crippen LogP contribution in [0.15, 0.2) is 22.5 Å². The second kappa shape index (κ2) is 8.66. The Balaban J connectivity index is 1.59. The number of hydrogen-bond donors (Lipinski definition) is 2. The average Bonchev–Trinajstić information content (AvgIpc) is 3.11. The van der Waals surface area contributed by atoms with Gasteiger partial charge in [0.1, 0.15) is 0 Å². The molecule has 2 fully saturated rings. The van der Waals surface area contributed by atoms with Crippen molar-refractivity contribution in [2.45, 2.75) is 44.2 Å². The van der Waals surface area contributed by atoms with Crippen LogP contribution in [-0.2, 0) is 4.74 Å². The number of thiophene rings is 1. The van der Waals surface area contributed by atoms with Crippen molar-refractivity contribution in [1.82, 2.24) is 10.2 Å². The van der Waals surface area contributed by atoms with Crippen molar-refractivity contribution in [3.63, 3.8) is 0 Å². The van der Waals surface area contributed by atoms with Gasteiger partial charge in [-0.1, -0.05) is 25.3 Å². The molecule has 5 nitrogen and oxygen atoms in total. The molecule has 6 heteroatoms. The summed E-state index contributed by atoms with van der Waals surface area (Å²) in [5.74, 6) is 0.603. The normalized spacial score (nSPS) is 22.9. The van der Waals surface area contributed by atoms with E-state index in [-0.39, 0.29) is 0 Å². The molecule has 3 rings (SSSR count). The largest absolute Gasteiger partial charge is 0.379 e. The smallest absolute Gasteiger partial charge is 0.188 e. The molecule has 2 heterocycles. The van der Waals surface area contributed by atoms with Gasteiger partial charge in [-0.25, -0.2) is 0 Å². The summed E-state index contributed by atoms with van der Waals surface area (Å²) < 4.78 is 5.48. The Morgan fingerprint density at radius 3 is 2.83 bits per heavy atom. The molecule has 0 amide bonds. The lowest BCUT2D eigenvalue weighted by Gasteiger charge is -2.33. The molecule has 1 aliphatic carbocycles. The highest BCUT2D eigenvalue weighted by molar-refractivity contribution is 7.10. The number of aliphatic imine (C=N–C) groups is 1. The molecule has 3 N–H and O–H groups in total. The quantitative estimate of drug-likeness (QED) is 0.640. The lowest BCUT2D eigenvalue weighted by Crippen LogP contribution is -2.43. The summed E-state index contributed by atoms with van der Waals surface area (Å²) in [4.78, 5) is 8.48. The van der Waals surface area contributed by atoms with Gasteiger partial charge >= 0.3 is 0 Å². The van der Waals surface area contributed by atoms with E-state index < -0.39 is 0 Å². The average molecular weight is 337 g/mol. The summed E-state index contributed by atoms with van der Waals surface area (Å²) in [6.45, 7) is 4.26. The van der Waals surface area contributed by atoms with Crippen LogP contribution in [0.5, 0.6) is 0 Å². The standard InChI is InChI=1S/C17H28N4OS/c18-17(20-14-5-2-1-3-6-14)19-13-15(16-7-4-12-23-16)21-8-10-22-11-9-21/h4,7,12,14-15H,1-3,5-6,8-11,13H2,(H3,18,19,20). The van der Waals surface area contributed by atoms with Gasteiger partial charge in [-0.3, -0.25) is 9.89 Å². The third-order valence-electron chi connectivity index (χ3n) is 4.75. The Hall–Kier alpha value is -1.11. The second-order valence-electron chi connectivity index (χ2n) is 6.38. The minimum atomic E-state index is 0.311. The maximum absolute atomic E-state index is 6.13. The fraction of sp³-hybridized carbons (Fsp3) is 0.706. The summed E-state index contributed by atoms with van der Waals surface area (Å²) >= 11 is 1.80. The number of ether oxygens (including phenoxy) is 1. The first kappa shape index (κ1) is 16.7. The molecule has 0 spiro atoms. The van der Waals surface area contributed by atoms with Crippen LogP contribution < -0.4 is 11.1 Å². The molecule has 1 aliphatic heterocycles. The van der Waals surface area contributed by atoms with Crippen molar-refractivity contribution in [2.75, 3.05) is 32.8 Å². The van der Waals surface area contributed by atoms with Crippen LogP contribution >= 0.6 is 11.3 Å². The molecule has 23 heavy (non-hydrogen) atoms. The van der Waals surface area contributed by atoms with Crippen LogP contribution in [0.3, 0.4) is 0 Å². The predicted molar refractivity (Wildman–Crippen MR) is 96.0 cm³/mol. The molecular weight excluding hydrogens is 308 g/mol. The molecule has 128 valence electrons. The van der Waals surface area contributed by atoms with E-state index >= 15 is 0 Å². The van der Waals surface area contributed by atoms with Gasteiger partial charge in [0, 0.05) is 24.0 Å². The van der Waals surface area contributed by atoms with Crippen LogP contribution in [0.1, 0.15) is 43.0 Å². The Kier molecular flexibility index (Phi) is 6.30. The Labute approximate surface area is 142 Å². The van der Waals surface area contributed by atoms with E-state index in [1.54, 1.807) is 11.3 Å². The van der Waals surface area contributed by atoms with Gasteiger partial charge in [0.05, 0.1) is 25.8 Å². The van der Waals surface area contributed by atoms with Gasteiger partial charge < -0.3 is 15.8 Å². The highest BCUT2D eigenvalue weighted by atomic mass is 32.1. The summed E-state index contributed by atoms with van der Waals surface area (Å²) in [7, 11) is 0. The van der Waals surface area contributed by atoms with E-state index in [0.717, 1.165) is 26.3 Å². The molecule has 1 unspecified atom stereocenters. The first-order chi connectivity index (χ1) is 11.3. The summed E-state index contributed by atoms with van der Waals surface area (Å²) in [5, 5.41) is 5.55. The van der Waals surface area contributed by atoms with E-state index in [2.05, 4.69) is 32.7 Å². The molecule has 1 aromatic rings. The Morgan fingerprint density at radius 1 is 1.35 bits per heavy atom. The maximum Gasteiger partial charge on any atom is 0.188 e. The second-order valence-corrected chi connectivity index (χ2v) is 7.36. The molecular formula is C17H28N4OS. The van der Waals surface area contributed by atoms with Crippen LogP contribution in [-0.4, -0.2) is 49.7 Å². The van der Waals surface area contributed by atoms with E-state index in [9.17, 15) is 0 Å². The van der Waals surface area contributed by atoms with Crippen LogP contribution in [0.4, 0.5) is 0 Å². The molecule has 0 bridgehead atoms. The minimum Gasteiger partial charge on any atom is -0.379 e. The highest BCUT2D eigenvalue weighted by Crippen LogP contribution is 2.26. The number of rotatable bonds is 5. The third-order valence-corrected chi connectivity index (χ3v) is 5.72. The highest BCUT2D eigenvalue weighted by Gasteiger charge is 2.23. The first-order valence-electron chi connectivity index (χ1n) is 8.74. The number of hydrogen-bond acceptors (Lipinski definition) is 4. The molecule has 1 aromatic heterocycles. The van der Waals surface area contributed by atoms with Gasteiger partial charge in [0.15, 0.2) is 5.96 Å². The fourth-order valence-corrected chi connectivity index (χ4v) is 4.29. The zero-order valence-electron chi connectivity index (χ0n) is 13.7. The number of nitrogens with one attached hydrogen (secondary N) is 1. The van der Waals surface area contributed by atoms with Crippen molar-refractivity contribution < 1.29 is 4.74 Å². The lowest BCUT2D eigenvalue weighted by atomic mass is 9.96. The summed E-state index contributed by atoms with van der Waals surface area (Å²) in [6.07, 6.45) is 6.39. The summed E-state index contributed by atoms with van der Waals surface area (Å²) in [6, 6.07) is 5.13. The zero-order valence-corrected chi connectivity index (χ0v) is 14.6. The third kappa shape index (κ3) is 4.93. The summed E-state index contributed by atoms with van der Waals surface area (Å²) in [5.41, 5.74) is 6.13. The number of nitrogens with zero attached hydrogens (tertiary/aromatic N) is 2. The molecule has 0 radical (unpaired) electrons. The van der Waals surface area contributed by atoms with Crippen molar-refractivity contribution in [1.29, 1.82) is 0 Å². The number of nitrogens with two attached hydrogens (primary N) is 1. The Morgan fingerprint density at radius 2 is 2.13 bits per heavy atom. The molecule has 0 aromatic carbocycles. The minimum absolute atomic E-state index is 0.311. The van der Waals surface area contributed by atoms with Gasteiger partial charge in [-0.2, -0.15) is 0 Å². The molecule has 2 aliphatic rings. The van der Waals surface area contributed by atoms with Crippen molar-refractivity contribution in [3.8, 4) is 0 Å². The molecule has 1 saturated heterocycles. The zero-order chi connectivity index (χ0) is 15.9. The van der Waals surface area contributed by atoms with Crippen LogP contribution in [0, 0.1) is 0 Å². The van der Waals surface area contributed by atoms with Crippen LogP contribution in [0.2, 0.25) is 0 Å². The fourth-order valence-electron chi connectivity index (χ4n) is 3.44. The van der Waals surface area contributed by atoms with Crippen LogP contribution in [0.25, 0.3) is 0 Å². The first-order valence-corrected chi connectivity index (χ1v) is 9.62. The SMILES string of the molecule is NC(=NCC(c1cccs1)N1CCOCC1)NC1CCCCC1. The number of morpholine rings is 1. The Bertz CT molecular complexity index is 479. The van der Waals surface area contributed by atoms with E-state index in [0.29, 0.717) is 24.6 Å². The van der Waals surface area contributed by atoms with Gasteiger partial charge in [0.25, 0.3) is 0 Å². The van der Waals surface area contributed by atoms with Gasteiger partial charge in [-0.15, -0.1) is 11.3 Å². The number of guanidine groups is 1. The van der Waals surface area contributed by atoms with Gasteiger partial charge in [-0.05, 0) is 24.3 Å². The van der Waals surface area contributed by atoms with E-state index in [4.69, 9.17) is 10.5 Å². The maximum atomic E-state index is 6.13. The lowest BCUT2D eigenvalue weighted by molar-refractivity contribution is 0.0186. The van der Waals surface area contributed by atoms with E-state index in [1.807, 2.05) is 0 Å². The predicted octanol–water partition coefficient (Wildman–Crippen LogP) is 2.36. The topological polar surface area (TPSA) is 62.9 Å². The van der Waals surface area contributed by atoms with Gasteiger partial charge in [0.2, 0.25) is 0 Å². The van der Waals surface area contributed by atoms with Crippen molar-refractivity contribution >= 4 is 17.3 Å². The van der Waals surface area contributed by atoms with E-state index in [1.165, 1.54) is 37.0 Å². The molecule has 1 atom stereocenters.